The van der Waals surface area contributed by atoms with Gasteiger partial charge in [0.2, 0.25) is 0 Å². The van der Waals surface area contributed by atoms with Gasteiger partial charge in [-0.3, -0.25) is 0 Å². The lowest BCUT2D eigenvalue weighted by Crippen LogP contribution is -2.22. The second kappa shape index (κ2) is 5.39. The Bertz CT molecular complexity index is 465. The SMILES string of the molecule is [CH2]CN(Cc1ccccc1)c1cccc(N)c1. The van der Waals surface area contributed by atoms with Gasteiger partial charge in [0.15, 0.2) is 0 Å². The summed E-state index contributed by atoms with van der Waals surface area (Å²) in [5, 5.41) is 0. The molecule has 1 radical (unpaired) electrons. The molecule has 0 unspecified atom stereocenters. The van der Waals surface area contributed by atoms with Gasteiger partial charge in [0.25, 0.3) is 0 Å². The van der Waals surface area contributed by atoms with E-state index in [1.807, 2.05) is 24.3 Å². The molecule has 0 aliphatic heterocycles. The average Bonchev–Trinajstić information content (AvgIpc) is 2.37. The Balaban J connectivity index is 2.17. The van der Waals surface area contributed by atoms with Crippen LogP contribution in [0.5, 0.6) is 0 Å². The number of hydrogen-bond donors (Lipinski definition) is 1. The maximum atomic E-state index is 5.80. The molecule has 2 aromatic rings. The molecule has 87 valence electrons. The summed E-state index contributed by atoms with van der Waals surface area (Å²) >= 11 is 0. The van der Waals surface area contributed by atoms with Gasteiger partial charge in [-0.25, -0.2) is 0 Å². The van der Waals surface area contributed by atoms with Crippen molar-refractivity contribution < 1.29 is 0 Å². The van der Waals surface area contributed by atoms with E-state index in [2.05, 4.69) is 42.2 Å². The van der Waals surface area contributed by atoms with Crippen LogP contribution in [-0.2, 0) is 6.54 Å². The standard InChI is InChI=1S/C15H17N2/c1-2-17(12-13-7-4-3-5-8-13)15-10-6-9-14(16)11-15/h3-11H,1-2,12,16H2. The highest BCUT2D eigenvalue weighted by atomic mass is 15.1. The number of benzene rings is 2. The molecule has 0 spiro atoms. The van der Waals surface area contributed by atoms with Crippen molar-refractivity contribution in [3.63, 3.8) is 0 Å². The van der Waals surface area contributed by atoms with Crippen LogP contribution < -0.4 is 10.6 Å². The Hall–Kier alpha value is -1.96. The second-order valence-electron chi connectivity index (χ2n) is 4.00. The smallest absolute Gasteiger partial charge is 0.0429 e. The van der Waals surface area contributed by atoms with Crippen molar-refractivity contribution in [3.8, 4) is 0 Å². The zero-order valence-electron chi connectivity index (χ0n) is 9.84. The number of hydrogen-bond acceptors (Lipinski definition) is 2. The maximum Gasteiger partial charge on any atom is 0.0429 e. The summed E-state index contributed by atoms with van der Waals surface area (Å²) in [7, 11) is 0. The molecule has 0 heterocycles. The molecular weight excluding hydrogens is 208 g/mol. The van der Waals surface area contributed by atoms with E-state index in [4.69, 9.17) is 5.73 Å². The third-order valence-electron chi connectivity index (χ3n) is 2.72. The van der Waals surface area contributed by atoms with Crippen LogP contribution in [0.15, 0.2) is 54.6 Å². The van der Waals surface area contributed by atoms with Gasteiger partial charge in [-0.2, -0.15) is 0 Å². The third kappa shape index (κ3) is 3.00. The Labute approximate surface area is 103 Å². The Morgan fingerprint density at radius 3 is 2.41 bits per heavy atom. The van der Waals surface area contributed by atoms with Gasteiger partial charge in [0.05, 0.1) is 0 Å². The van der Waals surface area contributed by atoms with Crippen molar-refractivity contribution in [2.24, 2.45) is 0 Å². The van der Waals surface area contributed by atoms with Gasteiger partial charge in [-0.1, -0.05) is 36.4 Å². The highest BCUT2D eigenvalue weighted by molar-refractivity contribution is 5.56. The number of anilines is 2. The molecule has 0 fully saturated rings. The van der Waals surface area contributed by atoms with Crippen LogP contribution in [0.2, 0.25) is 0 Å². The summed E-state index contributed by atoms with van der Waals surface area (Å²) in [6.45, 7) is 5.55. The Morgan fingerprint density at radius 1 is 1.00 bits per heavy atom. The van der Waals surface area contributed by atoms with Crippen LogP contribution in [-0.4, -0.2) is 6.54 Å². The van der Waals surface area contributed by atoms with Crippen LogP contribution in [0.25, 0.3) is 0 Å². The van der Waals surface area contributed by atoms with E-state index in [1.54, 1.807) is 0 Å². The van der Waals surface area contributed by atoms with Crippen LogP contribution in [0.3, 0.4) is 0 Å². The molecule has 0 atom stereocenters. The van der Waals surface area contributed by atoms with Gasteiger partial charge in [-0.05, 0) is 30.7 Å². The molecule has 0 aliphatic carbocycles. The molecule has 2 nitrogen and oxygen atoms in total. The van der Waals surface area contributed by atoms with Crippen molar-refractivity contribution in [1.82, 2.24) is 0 Å². The van der Waals surface area contributed by atoms with E-state index < -0.39 is 0 Å². The van der Waals surface area contributed by atoms with Gasteiger partial charge in [-0.15, -0.1) is 0 Å². The zero-order valence-corrected chi connectivity index (χ0v) is 9.84. The highest BCUT2D eigenvalue weighted by Gasteiger charge is 2.04. The fraction of sp³-hybridized carbons (Fsp3) is 0.133. The summed E-state index contributed by atoms with van der Waals surface area (Å²) in [6.07, 6.45) is 0. The first kappa shape index (κ1) is 11.5. The first-order valence-electron chi connectivity index (χ1n) is 5.73. The molecule has 2 N–H and O–H groups in total. The summed E-state index contributed by atoms with van der Waals surface area (Å²) in [5.74, 6) is 0. The molecule has 0 saturated heterocycles. The summed E-state index contributed by atoms with van der Waals surface area (Å²) in [6, 6.07) is 18.3. The number of rotatable bonds is 4. The van der Waals surface area contributed by atoms with E-state index >= 15 is 0 Å². The molecular formula is C15H17N2. The van der Waals surface area contributed by atoms with E-state index in [0.29, 0.717) is 0 Å². The predicted octanol–water partition coefficient (Wildman–Crippen LogP) is 3.11. The lowest BCUT2D eigenvalue weighted by Gasteiger charge is -2.23. The Kier molecular flexibility index (Phi) is 3.66. The van der Waals surface area contributed by atoms with Crippen LogP contribution in [0.4, 0.5) is 11.4 Å². The number of nitrogen functional groups attached to an aromatic ring is 1. The van der Waals surface area contributed by atoms with Crippen LogP contribution in [0.1, 0.15) is 5.56 Å². The quantitative estimate of drug-likeness (QED) is 0.810. The lowest BCUT2D eigenvalue weighted by molar-refractivity contribution is 0.866. The molecule has 0 aliphatic rings. The molecule has 0 saturated carbocycles. The van der Waals surface area contributed by atoms with Crippen molar-refractivity contribution in [2.75, 3.05) is 17.2 Å². The third-order valence-corrected chi connectivity index (χ3v) is 2.72. The predicted molar refractivity (Wildman–Crippen MR) is 73.7 cm³/mol. The highest BCUT2D eigenvalue weighted by Crippen LogP contribution is 2.19. The first-order valence-corrected chi connectivity index (χ1v) is 5.73. The van der Waals surface area contributed by atoms with E-state index in [-0.39, 0.29) is 0 Å². The van der Waals surface area contributed by atoms with E-state index in [0.717, 1.165) is 24.5 Å². The fourth-order valence-electron chi connectivity index (χ4n) is 1.82. The molecule has 2 heteroatoms. The largest absolute Gasteiger partial charge is 0.399 e. The normalized spacial score (nSPS) is 10.2. The molecule has 2 rings (SSSR count). The number of nitrogens with zero attached hydrogens (tertiary/aromatic N) is 1. The topological polar surface area (TPSA) is 29.3 Å². The maximum absolute atomic E-state index is 5.80. The molecule has 0 bridgehead atoms. The Morgan fingerprint density at radius 2 is 1.76 bits per heavy atom. The number of nitrogens with two attached hydrogens (primary N) is 1. The van der Waals surface area contributed by atoms with Gasteiger partial charge in [0.1, 0.15) is 0 Å². The van der Waals surface area contributed by atoms with Crippen molar-refractivity contribution >= 4 is 11.4 Å². The van der Waals surface area contributed by atoms with Crippen molar-refractivity contribution in [1.29, 1.82) is 0 Å². The van der Waals surface area contributed by atoms with Gasteiger partial charge >= 0.3 is 0 Å². The lowest BCUT2D eigenvalue weighted by atomic mass is 10.2. The van der Waals surface area contributed by atoms with Gasteiger partial charge in [0, 0.05) is 24.5 Å². The van der Waals surface area contributed by atoms with E-state index in [1.165, 1.54) is 5.56 Å². The summed E-state index contributed by atoms with van der Waals surface area (Å²) < 4.78 is 0. The van der Waals surface area contributed by atoms with Crippen LogP contribution >= 0.6 is 0 Å². The second-order valence-corrected chi connectivity index (χ2v) is 4.00. The minimum absolute atomic E-state index is 0.721. The average molecular weight is 225 g/mol. The summed E-state index contributed by atoms with van der Waals surface area (Å²) in [5.41, 5.74) is 8.97. The molecule has 0 aromatic heterocycles. The zero-order chi connectivity index (χ0) is 12.1. The van der Waals surface area contributed by atoms with Crippen molar-refractivity contribution in [2.45, 2.75) is 6.54 Å². The molecule has 2 aromatic carbocycles. The monoisotopic (exact) mass is 225 g/mol. The van der Waals surface area contributed by atoms with Crippen LogP contribution in [0, 0.1) is 6.92 Å². The van der Waals surface area contributed by atoms with Gasteiger partial charge < -0.3 is 10.6 Å². The fourth-order valence-corrected chi connectivity index (χ4v) is 1.82. The molecule has 0 amide bonds. The molecule has 17 heavy (non-hydrogen) atoms. The van der Waals surface area contributed by atoms with E-state index in [9.17, 15) is 0 Å². The first-order chi connectivity index (χ1) is 8.29. The minimum Gasteiger partial charge on any atom is -0.399 e. The summed E-state index contributed by atoms with van der Waals surface area (Å²) in [4.78, 5) is 2.20. The minimum atomic E-state index is 0.721. The van der Waals surface area contributed by atoms with Crippen molar-refractivity contribution in [3.05, 3.63) is 67.1 Å².